The van der Waals surface area contributed by atoms with E-state index in [9.17, 15) is 9.59 Å². The van der Waals surface area contributed by atoms with Gasteiger partial charge in [0.15, 0.2) is 0 Å². The molecule has 0 saturated carbocycles. The zero-order valence-electron chi connectivity index (χ0n) is 30.8. The van der Waals surface area contributed by atoms with Crippen molar-refractivity contribution in [2.75, 3.05) is 13.2 Å². The molecule has 6 heteroatoms. The fourth-order valence-electron chi connectivity index (χ4n) is 6.91. The molecule has 5 rings (SSSR count). The Kier molecular flexibility index (Phi) is 11.9. The molecule has 0 fully saturated rings. The second-order valence-corrected chi connectivity index (χ2v) is 13.6. The van der Waals surface area contributed by atoms with Crippen LogP contribution in [0, 0.1) is 0 Å². The SMILES string of the molecule is C=C(C)C(=O)OC(C)COc1ccc(C2(c3ccc(OCC(C)OC(=O)C(=C)C)c(CCC)c3)c3ccccc3-c3ccccc32)cc1CCC. The fraction of sp³-hybridized carbons (Fsp3) is 0.333. The second kappa shape index (κ2) is 16.3. The summed E-state index contributed by atoms with van der Waals surface area (Å²) >= 11 is 0. The van der Waals surface area contributed by atoms with Crippen molar-refractivity contribution in [1.29, 1.82) is 0 Å². The van der Waals surface area contributed by atoms with Crippen LogP contribution in [0.25, 0.3) is 11.1 Å². The highest BCUT2D eigenvalue weighted by atomic mass is 16.6. The van der Waals surface area contributed by atoms with Crippen molar-refractivity contribution >= 4 is 11.9 Å². The standard InChI is InChI=1S/C45H50O6/c1-9-15-33-25-35(21-23-41(33)48-27-31(7)50-43(46)29(3)4)45(39-19-13-11-17-37(39)38-18-12-14-20-40(38)45)36-22-24-42(34(26-36)16-10-2)49-28-32(8)51-44(47)30(5)6/h11-14,17-26,31-32H,3,5,9-10,15-16,27-28H2,1-2,4,6-8H3. The monoisotopic (exact) mass is 686 g/mol. The van der Waals surface area contributed by atoms with Gasteiger partial charge in [-0.2, -0.15) is 0 Å². The summed E-state index contributed by atoms with van der Waals surface area (Å²) in [7, 11) is 0. The minimum absolute atomic E-state index is 0.235. The van der Waals surface area contributed by atoms with Gasteiger partial charge in [0.1, 0.15) is 36.9 Å². The van der Waals surface area contributed by atoms with E-state index in [0.29, 0.717) is 11.1 Å². The van der Waals surface area contributed by atoms with Crippen molar-refractivity contribution < 1.29 is 28.5 Å². The summed E-state index contributed by atoms with van der Waals surface area (Å²) in [5, 5.41) is 0. The summed E-state index contributed by atoms with van der Waals surface area (Å²) in [5.74, 6) is 0.724. The lowest BCUT2D eigenvalue weighted by Crippen LogP contribution is -2.29. The normalized spacial score (nSPS) is 13.7. The molecule has 0 saturated heterocycles. The van der Waals surface area contributed by atoms with E-state index in [1.807, 2.05) is 13.8 Å². The number of ether oxygens (including phenoxy) is 4. The molecule has 1 aliphatic carbocycles. The molecule has 0 aliphatic heterocycles. The minimum Gasteiger partial charge on any atom is -0.489 e. The van der Waals surface area contributed by atoms with Crippen molar-refractivity contribution in [2.45, 2.75) is 84.8 Å². The van der Waals surface area contributed by atoms with Crippen LogP contribution in [0.15, 0.2) is 109 Å². The Morgan fingerprint density at radius 3 is 1.39 bits per heavy atom. The first-order chi connectivity index (χ1) is 24.5. The Labute approximate surface area is 303 Å². The molecule has 6 nitrogen and oxygen atoms in total. The van der Waals surface area contributed by atoms with Crippen LogP contribution in [0.3, 0.4) is 0 Å². The van der Waals surface area contributed by atoms with E-state index in [-0.39, 0.29) is 13.2 Å². The maximum absolute atomic E-state index is 12.1. The fourth-order valence-corrected chi connectivity index (χ4v) is 6.91. The molecule has 1 aliphatic rings. The lowest BCUT2D eigenvalue weighted by atomic mass is 9.67. The molecule has 0 bridgehead atoms. The molecule has 0 heterocycles. The van der Waals surface area contributed by atoms with E-state index in [1.54, 1.807) is 13.8 Å². The largest absolute Gasteiger partial charge is 0.489 e. The second-order valence-electron chi connectivity index (χ2n) is 13.6. The summed E-state index contributed by atoms with van der Waals surface area (Å²) in [6, 6.07) is 30.5. The van der Waals surface area contributed by atoms with E-state index in [2.05, 4.69) is 112 Å². The maximum Gasteiger partial charge on any atom is 0.333 e. The molecular formula is C45H50O6. The van der Waals surface area contributed by atoms with Crippen LogP contribution in [-0.4, -0.2) is 37.4 Å². The number of carbonyl (C=O) groups is 2. The summed E-state index contributed by atoms with van der Waals surface area (Å²) in [6.45, 7) is 19.1. The first-order valence-corrected chi connectivity index (χ1v) is 18.0. The smallest absolute Gasteiger partial charge is 0.333 e. The average Bonchev–Trinajstić information content (AvgIpc) is 3.41. The molecule has 0 amide bonds. The third kappa shape index (κ3) is 7.80. The van der Waals surface area contributed by atoms with E-state index in [1.165, 1.54) is 22.3 Å². The van der Waals surface area contributed by atoms with E-state index < -0.39 is 29.6 Å². The molecular weight excluding hydrogens is 636 g/mol. The van der Waals surface area contributed by atoms with Gasteiger partial charge in [0.25, 0.3) is 0 Å². The van der Waals surface area contributed by atoms with E-state index in [4.69, 9.17) is 18.9 Å². The maximum atomic E-state index is 12.1. The Morgan fingerprint density at radius 2 is 1.02 bits per heavy atom. The third-order valence-corrected chi connectivity index (χ3v) is 9.24. The van der Waals surface area contributed by atoms with Gasteiger partial charge in [-0.05, 0) is 97.2 Å². The molecule has 4 aromatic rings. The van der Waals surface area contributed by atoms with Gasteiger partial charge in [0.05, 0.1) is 5.41 Å². The van der Waals surface area contributed by atoms with Gasteiger partial charge in [-0.3, -0.25) is 0 Å². The lowest BCUT2D eigenvalue weighted by molar-refractivity contribution is -0.145. The summed E-state index contributed by atoms with van der Waals surface area (Å²) in [6.07, 6.45) is 2.67. The van der Waals surface area contributed by atoms with E-state index in [0.717, 1.165) is 59.4 Å². The first-order valence-electron chi connectivity index (χ1n) is 18.0. The number of fused-ring (bicyclic) bond motifs is 3. The topological polar surface area (TPSA) is 71.1 Å². The Balaban J connectivity index is 1.61. The lowest BCUT2D eigenvalue weighted by Gasteiger charge is -2.35. The number of esters is 2. The third-order valence-electron chi connectivity index (χ3n) is 9.24. The molecule has 0 N–H and O–H groups in total. The number of carbonyl (C=O) groups excluding carboxylic acids is 2. The molecule has 0 aromatic heterocycles. The quantitative estimate of drug-likeness (QED) is 0.0761. The predicted molar refractivity (Wildman–Crippen MR) is 203 cm³/mol. The van der Waals surface area contributed by atoms with Crippen LogP contribution in [0.1, 0.15) is 87.8 Å². The van der Waals surface area contributed by atoms with Gasteiger partial charge < -0.3 is 18.9 Å². The minimum atomic E-state index is -0.607. The molecule has 4 aromatic carbocycles. The molecule has 51 heavy (non-hydrogen) atoms. The van der Waals surface area contributed by atoms with Crippen LogP contribution in [0.5, 0.6) is 11.5 Å². The number of aryl methyl sites for hydroxylation is 2. The highest BCUT2D eigenvalue weighted by Crippen LogP contribution is 2.56. The van der Waals surface area contributed by atoms with Crippen LogP contribution < -0.4 is 9.47 Å². The number of rotatable bonds is 16. The van der Waals surface area contributed by atoms with Crippen LogP contribution in [-0.2, 0) is 37.3 Å². The van der Waals surface area contributed by atoms with E-state index >= 15 is 0 Å². The zero-order chi connectivity index (χ0) is 36.7. The highest BCUT2D eigenvalue weighted by Gasteiger charge is 2.46. The van der Waals surface area contributed by atoms with Crippen molar-refractivity contribution in [3.8, 4) is 22.6 Å². The molecule has 0 spiro atoms. The Hall–Kier alpha value is -5.10. The highest BCUT2D eigenvalue weighted by molar-refractivity contribution is 5.88. The van der Waals surface area contributed by atoms with Gasteiger partial charge in [-0.1, -0.05) is 113 Å². The summed E-state index contributed by atoms with van der Waals surface area (Å²) in [4.78, 5) is 24.2. The van der Waals surface area contributed by atoms with Crippen molar-refractivity contribution in [3.63, 3.8) is 0 Å². The van der Waals surface area contributed by atoms with Gasteiger partial charge >= 0.3 is 11.9 Å². The van der Waals surface area contributed by atoms with Crippen LogP contribution >= 0.6 is 0 Å². The number of benzene rings is 4. The average molecular weight is 687 g/mol. The van der Waals surface area contributed by atoms with Crippen LogP contribution in [0.2, 0.25) is 0 Å². The molecule has 2 atom stereocenters. The van der Waals surface area contributed by atoms with Gasteiger partial charge in [0, 0.05) is 11.1 Å². The van der Waals surface area contributed by atoms with Gasteiger partial charge in [0.2, 0.25) is 0 Å². The van der Waals surface area contributed by atoms with Gasteiger partial charge in [-0.25, -0.2) is 9.59 Å². The number of hydrogen-bond donors (Lipinski definition) is 0. The van der Waals surface area contributed by atoms with Crippen molar-refractivity contribution in [3.05, 3.63) is 143 Å². The zero-order valence-corrected chi connectivity index (χ0v) is 30.8. The molecule has 266 valence electrons. The Morgan fingerprint density at radius 1 is 0.627 bits per heavy atom. The Bertz CT molecular complexity index is 1780. The molecule has 2 unspecified atom stereocenters. The number of hydrogen-bond acceptors (Lipinski definition) is 6. The van der Waals surface area contributed by atoms with Gasteiger partial charge in [-0.15, -0.1) is 0 Å². The van der Waals surface area contributed by atoms with Crippen molar-refractivity contribution in [1.82, 2.24) is 0 Å². The predicted octanol–water partition coefficient (Wildman–Crippen LogP) is 9.73. The summed E-state index contributed by atoms with van der Waals surface area (Å²) < 4.78 is 23.6. The van der Waals surface area contributed by atoms with Crippen molar-refractivity contribution in [2.24, 2.45) is 0 Å². The first kappa shape index (κ1) is 37.2. The molecule has 0 radical (unpaired) electrons. The summed E-state index contributed by atoms with van der Waals surface area (Å²) in [5.41, 5.74) is 9.48. The van der Waals surface area contributed by atoms with Crippen LogP contribution in [0.4, 0.5) is 0 Å².